The van der Waals surface area contributed by atoms with Crippen molar-refractivity contribution in [1.29, 1.82) is 0 Å². The average Bonchev–Trinajstić information content (AvgIpc) is 3.20. The third kappa shape index (κ3) is 12.4. The van der Waals surface area contributed by atoms with Gasteiger partial charge in [0.15, 0.2) is 0 Å². The van der Waals surface area contributed by atoms with Crippen LogP contribution in [-0.2, 0) is 9.53 Å². The van der Waals surface area contributed by atoms with Gasteiger partial charge in [0.1, 0.15) is 5.78 Å². The Labute approximate surface area is 303 Å². The van der Waals surface area contributed by atoms with Crippen LogP contribution in [0.15, 0.2) is 163 Å². The molecule has 3 rings (SSSR count). The molecule has 3 atom stereocenters. The molecule has 1 heterocycles. The Morgan fingerprint density at radius 1 is 1.00 bits per heavy atom. The maximum absolute atomic E-state index is 13.4. The van der Waals surface area contributed by atoms with Gasteiger partial charge in [-0.25, -0.2) is 0 Å². The Bertz CT molecular complexity index is 1600. The number of allylic oxidation sites excluding steroid dienone is 19. The Kier molecular flexibility index (Phi) is 17.8. The number of hydrogen-bond donors (Lipinski definition) is 0. The molecule has 0 N–H and O–H groups in total. The van der Waals surface area contributed by atoms with Crippen molar-refractivity contribution in [3.63, 3.8) is 0 Å². The second-order valence-corrected chi connectivity index (χ2v) is 12.8. The van der Waals surface area contributed by atoms with E-state index in [9.17, 15) is 4.79 Å². The summed E-state index contributed by atoms with van der Waals surface area (Å²) in [5.41, 5.74) is 7.78. The van der Waals surface area contributed by atoms with Gasteiger partial charge < -0.3 is 9.64 Å². The zero-order valence-corrected chi connectivity index (χ0v) is 31.4. The Morgan fingerprint density at radius 2 is 1.74 bits per heavy atom. The molecular formula is C47H59NO2. The Balaban J connectivity index is 2.11. The van der Waals surface area contributed by atoms with E-state index < -0.39 is 0 Å². The fourth-order valence-electron chi connectivity index (χ4n) is 6.27. The maximum atomic E-state index is 13.4. The molecule has 1 aliphatic carbocycles. The molecule has 1 aromatic rings. The summed E-state index contributed by atoms with van der Waals surface area (Å²) in [5, 5.41) is 0. The Morgan fingerprint density at radius 3 is 2.42 bits per heavy atom. The van der Waals surface area contributed by atoms with Crippen molar-refractivity contribution in [2.45, 2.75) is 86.2 Å². The van der Waals surface area contributed by atoms with E-state index in [2.05, 4.69) is 162 Å². The van der Waals surface area contributed by atoms with Gasteiger partial charge in [0.2, 0.25) is 0 Å². The second-order valence-electron chi connectivity index (χ2n) is 12.8. The van der Waals surface area contributed by atoms with Crippen molar-refractivity contribution in [3.05, 3.63) is 168 Å². The fraction of sp³-hybridized carbons (Fsp3) is 0.340. The number of carbonyl (C=O) groups is 1. The van der Waals surface area contributed by atoms with E-state index in [-0.39, 0.29) is 23.7 Å². The van der Waals surface area contributed by atoms with Crippen molar-refractivity contribution < 1.29 is 9.53 Å². The van der Waals surface area contributed by atoms with Crippen molar-refractivity contribution in [1.82, 2.24) is 0 Å². The van der Waals surface area contributed by atoms with E-state index >= 15 is 0 Å². The molecule has 3 nitrogen and oxygen atoms in total. The number of Topliss-reactive ketones (excluding diaryl/α,β-unsaturated/α-hetero) is 1. The summed E-state index contributed by atoms with van der Waals surface area (Å²) >= 11 is 0. The van der Waals surface area contributed by atoms with E-state index in [1.165, 1.54) is 11.1 Å². The van der Waals surface area contributed by atoms with Gasteiger partial charge in [0.05, 0.1) is 12.7 Å². The second kappa shape index (κ2) is 22.3. The van der Waals surface area contributed by atoms with Crippen molar-refractivity contribution in [3.8, 4) is 0 Å². The standard InChI is InChI=1S/C47H59NO2/c1-8-22-39(11-4)37(6)29-32-42(23-9-2)48(44-27-19-17-15-13-14-16-18-20-28-45(49)35-44)43-33-30-40(31-34-43)41-26-21-25-38(7)46(12-5)47(24-10-3)50-36-41/h8,10-12,14,16-23,25-27,29-34,37-38,47H,3,9,13,15,24,28,35-36H2,1-2,4-7H3/b16-14-,19-17-,20-18-,22-8-,25-21-,32-29-,39-11+,41-26+,42-23+,44-27+,46-12-. The molecule has 264 valence electrons. The molecule has 0 bridgehead atoms. The van der Waals surface area contributed by atoms with Crippen LogP contribution in [0.1, 0.15) is 85.6 Å². The summed E-state index contributed by atoms with van der Waals surface area (Å²) in [6, 6.07) is 8.70. The predicted molar refractivity (Wildman–Crippen MR) is 218 cm³/mol. The molecule has 1 aromatic carbocycles. The monoisotopic (exact) mass is 669 g/mol. The minimum atomic E-state index is -0.00577. The van der Waals surface area contributed by atoms with E-state index in [0.717, 1.165) is 53.9 Å². The van der Waals surface area contributed by atoms with E-state index in [1.807, 2.05) is 24.3 Å². The van der Waals surface area contributed by atoms with Gasteiger partial charge in [-0.2, -0.15) is 0 Å². The molecule has 50 heavy (non-hydrogen) atoms. The highest BCUT2D eigenvalue weighted by molar-refractivity contribution is 5.84. The molecule has 1 aliphatic heterocycles. The number of anilines is 1. The molecule has 0 aromatic heterocycles. The largest absolute Gasteiger partial charge is 0.369 e. The minimum absolute atomic E-state index is 0.00577. The number of hydrogen-bond acceptors (Lipinski definition) is 3. The lowest BCUT2D eigenvalue weighted by Gasteiger charge is -2.29. The molecule has 0 amide bonds. The molecule has 0 saturated heterocycles. The van der Waals surface area contributed by atoms with E-state index in [1.54, 1.807) is 0 Å². The lowest BCUT2D eigenvalue weighted by Crippen LogP contribution is -2.23. The van der Waals surface area contributed by atoms with Gasteiger partial charge in [0, 0.05) is 29.9 Å². The van der Waals surface area contributed by atoms with Crippen LogP contribution in [0.2, 0.25) is 0 Å². The van der Waals surface area contributed by atoms with Gasteiger partial charge in [0.25, 0.3) is 0 Å². The smallest absolute Gasteiger partial charge is 0.142 e. The summed E-state index contributed by atoms with van der Waals surface area (Å²) in [7, 11) is 0. The molecular weight excluding hydrogens is 611 g/mol. The number of rotatable bonds is 11. The van der Waals surface area contributed by atoms with Gasteiger partial charge in [-0.1, -0.05) is 130 Å². The van der Waals surface area contributed by atoms with Gasteiger partial charge >= 0.3 is 0 Å². The topological polar surface area (TPSA) is 29.5 Å². The summed E-state index contributed by atoms with van der Waals surface area (Å²) < 4.78 is 6.53. The zero-order chi connectivity index (χ0) is 36.1. The highest BCUT2D eigenvalue weighted by Gasteiger charge is 2.21. The molecule has 2 aliphatic rings. The number of benzene rings is 1. The van der Waals surface area contributed by atoms with Crippen molar-refractivity contribution in [2.24, 2.45) is 11.8 Å². The summed E-state index contributed by atoms with van der Waals surface area (Å²) in [5.74, 6) is 0.689. The molecule has 3 unspecified atom stereocenters. The summed E-state index contributed by atoms with van der Waals surface area (Å²) in [6.07, 6.45) is 42.6. The van der Waals surface area contributed by atoms with E-state index in [0.29, 0.717) is 19.4 Å². The van der Waals surface area contributed by atoms with Gasteiger partial charge in [-0.05, 0) is 105 Å². The maximum Gasteiger partial charge on any atom is 0.142 e. The number of ether oxygens (including phenoxy) is 1. The van der Waals surface area contributed by atoms with Crippen molar-refractivity contribution >= 4 is 17.0 Å². The van der Waals surface area contributed by atoms with Crippen LogP contribution >= 0.6 is 0 Å². The SMILES string of the molecule is C=CCC1OC/C(c2ccc(N(C(/C=C\C(C)C(/C=C\C)=C/C)=C/CC)/C3=C/C=C\CC/C=C\C=C/CC(=O)C3)cc2)=C\C=C/C(C)/C1=C/C. The van der Waals surface area contributed by atoms with Crippen LogP contribution in [0.25, 0.3) is 5.57 Å². The fourth-order valence-corrected chi connectivity index (χ4v) is 6.27. The lowest BCUT2D eigenvalue weighted by molar-refractivity contribution is -0.117. The predicted octanol–water partition coefficient (Wildman–Crippen LogP) is 12.7. The van der Waals surface area contributed by atoms with Crippen LogP contribution in [0, 0.1) is 11.8 Å². The molecule has 0 saturated carbocycles. The van der Waals surface area contributed by atoms with Crippen LogP contribution in [-0.4, -0.2) is 18.5 Å². The molecule has 3 heteroatoms. The third-order valence-corrected chi connectivity index (χ3v) is 9.01. The highest BCUT2D eigenvalue weighted by Crippen LogP contribution is 2.32. The molecule has 0 fully saturated rings. The first-order valence-electron chi connectivity index (χ1n) is 18.4. The zero-order valence-electron chi connectivity index (χ0n) is 31.4. The van der Waals surface area contributed by atoms with Crippen molar-refractivity contribution in [2.75, 3.05) is 11.5 Å². The quantitative estimate of drug-likeness (QED) is 0.173. The molecule has 0 spiro atoms. The highest BCUT2D eigenvalue weighted by atomic mass is 16.5. The number of carbonyl (C=O) groups excluding carboxylic acids is 1. The average molecular weight is 670 g/mol. The van der Waals surface area contributed by atoms with Crippen LogP contribution in [0.3, 0.4) is 0 Å². The number of ketones is 1. The van der Waals surface area contributed by atoms with Gasteiger partial charge in [-0.15, -0.1) is 6.58 Å². The molecule has 0 radical (unpaired) electrons. The van der Waals surface area contributed by atoms with Gasteiger partial charge in [-0.3, -0.25) is 4.79 Å². The first-order chi connectivity index (χ1) is 24.4. The Hall–Kier alpha value is -4.47. The lowest BCUT2D eigenvalue weighted by atomic mass is 9.93. The number of nitrogens with zero attached hydrogens (tertiary/aromatic N) is 1. The third-order valence-electron chi connectivity index (χ3n) is 9.01. The normalized spacial score (nSPS) is 26.2. The summed E-state index contributed by atoms with van der Waals surface area (Å²) in [6.45, 7) is 17.3. The first kappa shape index (κ1) is 40.0. The summed E-state index contributed by atoms with van der Waals surface area (Å²) in [4.78, 5) is 15.7. The van der Waals surface area contributed by atoms with Crippen LogP contribution in [0.5, 0.6) is 0 Å². The minimum Gasteiger partial charge on any atom is -0.369 e. The first-order valence-corrected chi connectivity index (χ1v) is 18.4. The van der Waals surface area contributed by atoms with Crippen LogP contribution in [0.4, 0.5) is 5.69 Å². The van der Waals surface area contributed by atoms with Crippen LogP contribution < -0.4 is 4.90 Å². The van der Waals surface area contributed by atoms with E-state index in [4.69, 9.17) is 4.74 Å².